The van der Waals surface area contributed by atoms with Gasteiger partial charge >= 0.3 is 0 Å². The zero-order valence-corrected chi connectivity index (χ0v) is 22.7. The summed E-state index contributed by atoms with van der Waals surface area (Å²) < 4.78 is 44.1. The van der Waals surface area contributed by atoms with Gasteiger partial charge in [-0.25, -0.2) is 22.5 Å². The Morgan fingerprint density at radius 1 is 1.13 bits per heavy atom. The van der Waals surface area contributed by atoms with Crippen LogP contribution in [0.5, 0.6) is 0 Å². The number of imidazole rings is 1. The molecule has 0 aliphatic heterocycles. The predicted molar refractivity (Wildman–Crippen MR) is 148 cm³/mol. The molecule has 0 saturated heterocycles. The first-order valence-electron chi connectivity index (χ1n) is 12.9. The number of rotatable bonds is 9. The molecular formula is C30H31FN4O3S. The first-order chi connectivity index (χ1) is 18.7. The van der Waals surface area contributed by atoms with Crippen molar-refractivity contribution in [2.45, 2.75) is 49.6 Å². The molecular weight excluding hydrogens is 515 g/mol. The van der Waals surface area contributed by atoms with Gasteiger partial charge in [0.2, 0.25) is 15.9 Å². The number of aromatic nitrogens is 2. The minimum absolute atomic E-state index is 0.00925. The molecule has 1 heterocycles. The van der Waals surface area contributed by atoms with Gasteiger partial charge < -0.3 is 9.47 Å². The van der Waals surface area contributed by atoms with Crippen molar-refractivity contribution in [3.05, 3.63) is 114 Å². The second kappa shape index (κ2) is 11.1. The first-order valence-corrected chi connectivity index (χ1v) is 14.4. The standard InChI is InChI=1S/C30H31FN4O3S/c1-21(22-6-4-3-5-7-22)18-30(36)35(20-29-32-16-17-34(29)2)25-12-8-23-9-15-28(27(23)19-25)33-39(37,38)26-13-10-24(31)11-14-26/h3-8,10-14,16-17,19,21,28,33H,9,15,18,20H2,1-2H3/t21-,28+/m1/s1. The number of nitrogens with zero attached hydrogens (tertiary/aromatic N) is 3. The number of amides is 1. The van der Waals surface area contributed by atoms with Gasteiger partial charge in [-0.15, -0.1) is 0 Å². The van der Waals surface area contributed by atoms with Crippen LogP contribution in [0, 0.1) is 5.82 Å². The third-order valence-electron chi connectivity index (χ3n) is 7.31. The summed E-state index contributed by atoms with van der Waals surface area (Å²) in [5, 5.41) is 0. The summed E-state index contributed by atoms with van der Waals surface area (Å²) in [4.78, 5) is 19.9. The molecule has 9 heteroatoms. The number of halogens is 1. The topological polar surface area (TPSA) is 84.3 Å². The van der Waals surface area contributed by atoms with E-state index in [0.717, 1.165) is 34.6 Å². The Morgan fingerprint density at radius 3 is 2.56 bits per heavy atom. The summed E-state index contributed by atoms with van der Waals surface area (Å²) in [6, 6.07) is 20.1. The highest BCUT2D eigenvalue weighted by atomic mass is 32.2. The average molecular weight is 547 g/mol. The molecule has 1 N–H and O–H groups in total. The molecule has 1 aromatic heterocycles. The normalized spacial score (nSPS) is 15.6. The maximum Gasteiger partial charge on any atom is 0.241 e. The zero-order chi connectivity index (χ0) is 27.6. The van der Waals surface area contributed by atoms with Gasteiger partial charge in [0.05, 0.1) is 11.4 Å². The number of aryl methyl sites for hydroxylation is 2. The van der Waals surface area contributed by atoms with Gasteiger partial charge in [0.25, 0.3) is 0 Å². The monoisotopic (exact) mass is 546 g/mol. The molecule has 0 bridgehead atoms. The number of anilines is 1. The second-order valence-electron chi connectivity index (χ2n) is 10.00. The number of hydrogen-bond acceptors (Lipinski definition) is 4. The van der Waals surface area contributed by atoms with Gasteiger partial charge in [-0.2, -0.15) is 0 Å². The van der Waals surface area contributed by atoms with Crippen LogP contribution in [0.4, 0.5) is 10.1 Å². The van der Waals surface area contributed by atoms with Crippen LogP contribution in [-0.2, 0) is 34.8 Å². The van der Waals surface area contributed by atoms with Crippen molar-refractivity contribution in [2.75, 3.05) is 4.90 Å². The van der Waals surface area contributed by atoms with Crippen LogP contribution in [0.3, 0.4) is 0 Å². The molecule has 0 spiro atoms. The zero-order valence-electron chi connectivity index (χ0n) is 21.9. The summed E-state index contributed by atoms with van der Waals surface area (Å²) in [7, 11) is -1.97. The molecule has 0 saturated carbocycles. The predicted octanol–water partition coefficient (Wildman–Crippen LogP) is 5.25. The SMILES string of the molecule is C[C@H](CC(=O)N(Cc1nccn1C)c1ccc2c(c1)[C@@H](NS(=O)(=O)c1ccc(F)cc1)CC2)c1ccccc1. The van der Waals surface area contributed by atoms with Crippen molar-refractivity contribution in [1.82, 2.24) is 14.3 Å². The molecule has 1 aliphatic rings. The summed E-state index contributed by atoms with van der Waals surface area (Å²) in [5.74, 6) is 0.219. The summed E-state index contributed by atoms with van der Waals surface area (Å²) in [6.07, 6.45) is 5.16. The lowest BCUT2D eigenvalue weighted by Gasteiger charge is -2.26. The molecule has 5 rings (SSSR count). The Bertz CT molecular complexity index is 1570. The summed E-state index contributed by atoms with van der Waals surface area (Å²) in [6.45, 7) is 2.32. The number of sulfonamides is 1. The maximum absolute atomic E-state index is 13.7. The van der Waals surface area contributed by atoms with E-state index in [4.69, 9.17) is 0 Å². The molecule has 2 atom stereocenters. The lowest BCUT2D eigenvalue weighted by molar-refractivity contribution is -0.119. The van der Waals surface area contributed by atoms with Gasteiger partial charge in [-0.1, -0.05) is 43.3 Å². The van der Waals surface area contributed by atoms with Crippen LogP contribution in [0.25, 0.3) is 0 Å². The van der Waals surface area contributed by atoms with Crippen molar-refractivity contribution < 1.29 is 17.6 Å². The molecule has 4 aromatic rings. The molecule has 0 radical (unpaired) electrons. The number of carbonyl (C=O) groups excluding carboxylic acids is 1. The van der Waals surface area contributed by atoms with E-state index in [0.29, 0.717) is 24.9 Å². The highest BCUT2D eigenvalue weighted by Gasteiger charge is 2.29. The molecule has 1 aliphatic carbocycles. The van der Waals surface area contributed by atoms with E-state index in [1.54, 1.807) is 11.1 Å². The van der Waals surface area contributed by atoms with Crippen LogP contribution < -0.4 is 9.62 Å². The minimum atomic E-state index is -3.86. The van der Waals surface area contributed by atoms with E-state index in [1.807, 2.05) is 73.3 Å². The fraction of sp³-hybridized carbons (Fsp3) is 0.267. The lowest BCUT2D eigenvalue weighted by atomic mass is 9.97. The summed E-state index contributed by atoms with van der Waals surface area (Å²) in [5.41, 5.74) is 3.65. The quantitative estimate of drug-likeness (QED) is 0.311. The smallest absolute Gasteiger partial charge is 0.241 e. The number of carbonyl (C=O) groups is 1. The van der Waals surface area contributed by atoms with E-state index < -0.39 is 21.9 Å². The first kappa shape index (κ1) is 26.8. The van der Waals surface area contributed by atoms with Gasteiger partial charge in [-0.05, 0) is 71.8 Å². The highest BCUT2D eigenvalue weighted by Crippen LogP contribution is 2.36. The van der Waals surface area contributed by atoms with E-state index in [2.05, 4.69) is 9.71 Å². The van der Waals surface area contributed by atoms with Gasteiger partial charge in [-0.3, -0.25) is 4.79 Å². The van der Waals surface area contributed by atoms with Gasteiger partial charge in [0.1, 0.15) is 11.6 Å². The number of fused-ring (bicyclic) bond motifs is 1. The molecule has 202 valence electrons. The Labute approximate surface area is 228 Å². The van der Waals surface area contributed by atoms with Crippen LogP contribution in [-0.4, -0.2) is 23.9 Å². The van der Waals surface area contributed by atoms with E-state index >= 15 is 0 Å². The Morgan fingerprint density at radius 2 is 1.87 bits per heavy atom. The third kappa shape index (κ3) is 5.94. The summed E-state index contributed by atoms with van der Waals surface area (Å²) >= 11 is 0. The van der Waals surface area contributed by atoms with Crippen LogP contribution >= 0.6 is 0 Å². The highest BCUT2D eigenvalue weighted by molar-refractivity contribution is 7.89. The van der Waals surface area contributed by atoms with Crippen molar-refractivity contribution in [3.8, 4) is 0 Å². The third-order valence-corrected chi connectivity index (χ3v) is 8.80. The van der Waals surface area contributed by atoms with Crippen LogP contribution in [0.15, 0.2) is 90.1 Å². The second-order valence-corrected chi connectivity index (χ2v) is 11.7. The van der Waals surface area contributed by atoms with E-state index in [1.165, 1.54) is 12.1 Å². The Hall–Kier alpha value is -3.82. The number of nitrogens with one attached hydrogen (secondary N) is 1. The fourth-order valence-electron chi connectivity index (χ4n) is 5.03. The average Bonchev–Trinajstić information content (AvgIpc) is 3.52. The minimum Gasteiger partial charge on any atom is -0.337 e. The van der Waals surface area contributed by atoms with Crippen molar-refractivity contribution in [1.29, 1.82) is 0 Å². The Kier molecular flexibility index (Phi) is 7.63. The van der Waals surface area contributed by atoms with Crippen molar-refractivity contribution in [3.63, 3.8) is 0 Å². The molecule has 0 unspecified atom stereocenters. The molecule has 39 heavy (non-hydrogen) atoms. The molecule has 1 amide bonds. The number of benzene rings is 3. The lowest BCUT2D eigenvalue weighted by Crippen LogP contribution is -2.32. The molecule has 7 nitrogen and oxygen atoms in total. The van der Waals surface area contributed by atoms with Crippen LogP contribution in [0.2, 0.25) is 0 Å². The van der Waals surface area contributed by atoms with Crippen molar-refractivity contribution in [2.24, 2.45) is 7.05 Å². The van der Waals surface area contributed by atoms with E-state index in [-0.39, 0.29) is 23.3 Å². The largest absolute Gasteiger partial charge is 0.337 e. The Balaban J connectivity index is 1.43. The number of hydrogen-bond donors (Lipinski definition) is 1. The van der Waals surface area contributed by atoms with Crippen molar-refractivity contribution >= 4 is 21.6 Å². The maximum atomic E-state index is 13.7. The van der Waals surface area contributed by atoms with Gasteiger partial charge in [0.15, 0.2) is 0 Å². The molecule has 0 fully saturated rings. The van der Waals surface area contributed by atoms with Crippen LogP contribution in [0.1, 0.15) is 54.2 Å². The van der Waals surface area contributed by atoms with Gasteiger partial charge in [0, 0.05) is 37.6 Å². The van der Waals surface area contributed by atoms with E-state index in [9.17, 15) is 17.6 Å². The fourth-order valence-corrected chi connectivity index (χ4v) is 6.28. The molecule has 3 aromatic carbocycles.